The van der Waals surface area contributed by atoms with Crippen molar-refractivity contribution in [2.75, 3.05) is 0 Å². The highest BCUT2D eigenvalue weighted by atomic mass is 14.6. The van der Waals surface area contributed by atoms with Gasteiger partial charge in [-0.2, -0.15) is 0 Å². The van der Waals surface area contributed by atoms with Crippen LogP contribution in [-0.4, -0.2) is 0 Å². The van der Waals surface area contributed by atoms with E-state index < -0.39 is 0 Å². The van der Waals surface area contributed by atoms with Crippen LogP contribution in [0.2, 0.25) is 0 Å². The van der Waals surface area contributed by atoms with Gasteiger partial charge in [-0.15, -0.1) is 0 Å². The minimum Gasteiger partial charge on any atom is -0.238 e. The molecule has 0 saturated heterocycles. The molecule has 1 heteroatoms. The van der Waals surface area contributed by atoms with E-state index in [2.05, 4.69) is 37.7 Å². The van der Waals surface area contributed by atoms with Gasteiger partial charge in [-0.1, -0.05) is 50.6 Å². The van der Waals surface area contributed by atoms with Crippen LogP contribution in [0, 0.1) is 18.4 Å². The normalized spacial score (nSPS) is 12.5. The first-order chi connectivity index (χ1) is 7.13. The SMILES string of the molecule is [C-]#[N+]c1ccc(CC[C@@H](C)C(C)C)cc1. The van der Waals surface area contributed by atoms with Gasteiger partial charge in [-0.3, -0.25) is 0 Å². The third-order valence-electron chi connectivity index (χ3n) is 3.09. The molecule has 0 aliphatic carbocycles. The van der Waals surface area contributed by atoms with Crippen LogP contribution < -0.4 is 0 Å². The molecule has 80 valence electrons. The maximum Gasteiger partial charge on any atom is 0.187 e. The summed E-state index contributed by atoms with van der Waals surface area (Å²) in [5.74, 6) is 1.53. The van der Waals surface area contributed by atoms with E-state index in [1.807, 2.05) is 12.1 Å². The molecular formula is C14H19N. The summed E-state index contributed by atoms with van der Waals surface area (Å²) in [5.41, 5.74) is 2.07. The first-order valence-electron chi connectivity index (χ1n) is 5.60. The Labute approximate surface area is 93.0 Å². The van der Waals surface area contributed by atoms with Crippen LogP contribution >= 0.6 is 0 Å². The predicted octanol–water partition coefficient (Wildman–Crippen LogP) is 4.46. The molecule has 0 aromatic heterocycles. The molecule has 0 saturated carbocycles. The Balaban J connectivity index is 2.48. The summed E-state index contributed by atoms with van der Waals surface area (Å²) in [6.45, 7) is 13.7. The molecule has 0 N–H and O–H groups in total. The molecule has 0 radical (unpaired) electrons. The second-order valence-electron chi connectivity index (χ2n) is 4.54. The van der Waals surface area contributed by atoms with Crippen molar-refractivity contribution < 1.29 is 0 Å². The van der Waals surface area contributed by atoms with Crippen molar-refractivity contribution >= 4 is 5.69 Å². The third-order valence-corrected chi connectivity index (χ3v) is 3.09. The molecule has 0 aliphatic heterocycles. The first-order valence-corrected chi connectivity index (χ1v) is 5.60. The van der Waals surface area contributed by atoms with Gasteiger partial charge >= 0.3 is 0 Å². The second-order valence-corrected chi connectivity index (χ2v) is 4.54. The fourth-order valence-electron chi connectivity index (χ4n) is 1.46. The molecule has 0 unspecified atom stereocenters. The van der Waals surface area contributed by atoms with Crippen molar-refractivity contribution in [3.8, 4) is 0 Å². The molecular weight excluding hydrogens is 182 g/mol. The van der Waals surface area contributed by atoms with Crippen molar-refractivity contribution in [1.29, 1.82) is 0 Å². The van der Waals surface area contributed by atoms with Gasteiger partial charge in [0.25, 0.3) is 0 Å². The van der Waals surface area contributed by atoms with E-state index in [1.54, 1.807) is 0 Å². The Bertz CT molecular complexity index is 329. The highest BCUT2D eigenvalue weighted by Gasteiger charge is 2.06. The Morgan fingerprint density at radius 2 is 1.73 bits per heavy atom. The smallest absolute Gasteiger partial charge is 0.187 e. The molecule has 1 rings (SSSR count). The zero-order chi connectivity index (χ0) is 11.3. The van der Waals surface area contributed by atoms with Crippen molar-refractivity contribution in [2.24, 2.45) is 11.8 Å². The van der Waals surface area contributed by atoms with Gasteiger partial charge in [-0.05, 0) is 24.7 Å². The Morgan fingerprint density at radius 3 is 2.20 bits per heavy atom. The topological polar surface area (TPSA) is 4.36 Å². The number of aryl methyl sites for hydroxylation is 1. The van der Waals surface area contributed by atoms with Crippen LogP contribution in [-0.2, 0) is 6.42 Å². The maximum atomic E-state index is 6.87. The summed E-state index contributed by atoms with van der Waals surface area (Å²) in [4.78, 5) is 3.39. The molecule has 0 spiro atoms. The van der Waals surface area contributed by atoms with E-state index in [0.717, 1.165) is 23.9 Å². The van der Waals surface area contributed by atoms with Gasteiger partial charge in [0, 0.05) is 0 Å². The lowest BCUT2D eigenvalue weighted by atomic mass is 9.91. The first kappa shape index (κ1) is 11.8. The van der Waals surface area contributed by atoms with Gasteiger partial charge in [0.2, 0.25) is 0 Å². The van der Waals surface area contributed by atoms with Crippen LogP contribution in [0.4, 0.5) is 5.69 Å². The lowest BCUT2D eigenvalue weighted by Gasteiger charge is -2.14. The molecule has 0 aliphatic rings. The molecule has 1 aromatic rings. The Hall–Kier alpha value is -1.29. The number of benzene rings is 1. The van der Waals surface area contributed by atoms with Gasteiger partial charge < -0.3 is 0 Å². The van der Waals surface area contributed by atoms with E-state index in [4.69, 9.17) is 6.57 Å². The molecule has 1 aromatic carbocycles. The van der Waals surface area contributed by atoms with Crippen molar-refractivity contribution in [3.63, 3.8) is 0 Å². The average Bonchev–Trinajstić information content (AvgIpc) is 2.26. The molecule has 15 heavy (non-hydrogen) atoms. The number of nitrogens with zero attached hydrogens (tertiary/aromatic N) is 1. The van der Waals surface area contributed by atoms with E-state index in [-0.39, 0.29) is 0 Å². The van der Waals surface area contributed by atoms with Gasteiger partial charge in [0.15, 0.2) is 5.69 Å². The Kier molecular flexibility index (Phi) is 4.37. The van der Waals surface area contributed by atoms with Crippen molar-refractivity contribution in [2.45, 2.75) is 33.6 Å². The van der Waals surface area contributed by atoms with E-state index in [9.17, 15) is 0 Å². The number of rotatable bonds is 4. The summed E-state index contributed by atoms with van der Waals surface area (Å²) in [6, 6.07) is 7.95. The van der Waals surface area contributed by atoms with E-state index >= 15 is 0 Å². The van der Waals surface area contributed by atoms with Crippen LogP contribution in [0.25, 0.3) is 4.85 Å². The van der Waals surface area contributed by atoms with Gasteiger partial charge in [-0.25, -0.2) is 4.85 Å². The van der Waals surface area contributed by atoms with E-state index in [1.165, 1.54) is 12.0 Å². The van der Waals surface area contributed by atoms with Gasteiger partial charge in [0.1, 0.15) is 0 Å². The average molecular weight is 201 g/mol. The summed E-state index contributed by atoms with van der Waals surface area (Å²) in [5, 5.41) is 0. The van der Waals surface area contributed by atoms with Crippen LogP contribution in [0.15, 0.2) is 24.3 Å². The van der Waals surface area contributed by atoms with Gasteiger partial charge in [0.05, 0.1) is 6.57 Å². The van der Waals surface area contributed by atoms with Crippen LogP contribution in [0.1, 0.15) is 32.8 Å². The van der Waals surface area contributed by atoms with E-state index in [0.29, 0.717) is 0 Å². The predicted molar refractivity (Wildman–Crippen MR) is 65.0 cm³/mol. The third kappa shape index (κ3) is 3.75. The zero-order valence-electron chi connectivity index (χ0n) is 9.83. The highest BCUT2D eigenvalue weighted by Crippen LogP contribution is 2.19. The van der Waals surface area contributed by atoms with Crippen LogP contribution in [0.5, 0.6) is 0 Å². The molecule has 1 nitrogen and oxygen atoms in total. The molecule has 0 bridgehead atoms. The summed E-state index contributed by atoms with van der Waals surface area (Å²) < 4.78 is 0. The largest absolute Gasteiger partial charge is 0.238 e. The van der Waals surface area contributed by atoms with Crippen molar-refractivity contribution in [1.82, 2.24) is 0 Å². The lowest BCUT2D eigenvalue weighted by Crippen LogP contribution is -2.04. The summed E-state index contributed by atoms with van der Waals surface area (Å²) in [6.07, 6.45) is 2.35. The fraction of sp³-hybridized carbons (Fsp3) is 0.500. The molecule has 0 fully saturated rings. The lowest BCUT2D eigenvalue weighted by molar-refractivity contribution is 0.393. The minimum atomic E-state index is 0.732. The monoisotopic (exact) mass is 201 g/mol. The highest BCUT2D eigenvalue weighted by molar-refractivity contribution is 5.45. The van der Waals surface area contributed by atoms with Crippen LogP contribution in [0.3, 0.4) is 0 Å². The standard InChI is InChI=1S/C14H19N/c1-11(2)12(3)5-6-13-7-9-14(15-4)10-8-13/h7-12H,5-6H2,1-3H3/t12-/m1/s1. The minimum absolute atomic E-state index is 0.732. The Morgan fingerprint density at radius 1 is 1.13 bits per heavy atom. The molecule has 0 amide bonds. The molecule has 0 heterocycles. The number of hydrogen-bond donors (Lipinski definition) is 0. The zero-order valence-corrected chi connectivity index (χ0v) is 9.83. The summed E-state index contributed by atoms with van der Waals surface area (Å²) >= 11 is 0. The quantitative estimate of drug-likeness (QED) is 0.633. The number of hydrogen-bond acceptors (Lipinski definition) is 0. The molecule has 1 atom stereocenters. The second kappa shape index (κ2) is 5.56. The maximum absolute atomic E-state index is 6.87. The van der Waals surface area contributed by atoms with Crippen molar-refractivity contribution in [3.05, 3.63) is 41.2 Å². The fourth-order valence-corrected chi connectivity index (χ4v) is 1.46. The summed E-state index contributed by atoms with van der Waals surface area (Å²) in [7, 11) is 0.